The summed E-state index contributed by atoms with van der Waals surface area (Å²) in [5, 5.41) is 0.536. The van der Waals surface area contributed by atoms with Crippen LogP contribution < -0.4 is 4.74 Å². The lowest BCUT2D eigenvalue weighted by Gasteiger charge is -2.04. The van der Waals surface area contributed by atoms with E-state index in [9.17, 15) is 9.18 Å². The van der Waals surface area contributed by atoms with Crippen LogP contribution in [0.2, 0.25) is 0 Å². The van der Waals surface area contributed by atoms with Crippen molar-refractivity contribution in [3.05, 3.63) is 47.8 Å². The first kappa shape index (κ1) is 14.5. The predicted octanol–water partition coefficient (Wildman–Crippen LogP) is 3.90. The van der Waals surface area contributed by atoms with Crippen LogP contribution in [0.15, 0.2) is 36.4 Å². The Balaban J connectivity index is 2.11. The van der Waals surface area contributed by atoms with Crippen molar-refractivity contribution in [2.75, 3.05) is 14.2 Å². The molecule has 0 fully saturated rings. The van der Waals surface area contributed by atoms with Gasteiger partial charge in [-0.05, 0) is 30.3 Å². The number of hydrogen-bond acceptors (Lipinski definition) is 5. The molecule has 3 rings (SSSR count). The van der Waals surface area contributed by atoms with Gasteiger partial charge in [-0.1, -0.05) is 6.07 Å². The van der Waals surface area contributed by atoms with Gasteiger partial charge in [-0.15, -0.1) is 11.3 Å². The minimum absolute atomic E-state index is 0.173. The van der Waals surface area contributed by atoms with Crippen molar-refractivity contribution in [1.82, 2.24) is 4.98 Å². The van der Waals surface area contributed by atoms with Crippen LogP contribution in [-0.2, 0) is 4.74 Å². The van der Waals surface area contributed by atoms with Gasteiger partial charge in [0.2, 0.25) is 0 Å². The summed E-state index contributed by atoms with van der Waals surface area (Å²) >= 11 is 1.31. The van der Waals surface area contributed by atoms with Crippen molar-refractivity contribution in [3.63, 3.8) is 0 Å². The first-order valence-corrected chi connectivity index (χ1v) is 7.27. The summed E-state index contributed by atoms with van der Waals surface area (Å²) < 4.78 is 24.8. The Labute approximate surface area is 130 Å². The lowest BCUT2D eigenvalue weighted by molar-refractivity contribution is 0.0601. The fourth-order valence-corrected chi connectivity index (χ4v) is 3.14. The Bertz CT molecular complexity index is 860. The van der Waals surface area contributed by atoms with Gasteiger partial charge < -0.3 is 9.47 Å². The van der Waals surface area contributed by atoms with Gasteiger partial charge in [0.25, 0.3) is 0 Å². The second-order valence-electron chi connectivity index (χ2n) is 4.51. The predicted molar refractivity (Wildman–Crippen MR) is 82.9 cm³/mol. The number of benzene rings is 2. The maximum absolute atomic E-state index is 14.3. The molecule has 0 radical (unpaired) electrons. The fraction of sp³-hybridized carbons (Fsp3) is 0.125. The Morgan fingerprint density at radius 3 is 2.77 bits per heavy atom. The van der Waals surface area contributed by atoms with Crippen LogP contribution in [0.1, 0.15) is 10.4 Å². The van der Waals surface area contributed by atoms with Gasteiger partial charge in [-0.2, -0.15) is 0 Å². The van der Waals surface area contributed by atoms with Crippen molar-refractivity contribution >= 4 is 27.5 Å². The molecule has 6 heteroatoms. The molecule has 0 unspecified atom stereocenters. The summed E-state index contributed by atoms with van der Waals surface area (Å²) in [5.41, 5.74) is 1.52. The Hall–Kier alpha value is -2.47. The molecule has 2 aromatic carbocycles. The smallest absolute Gasteiger partial charge is 0.337 e. The molecule has 0 aliphatic rings. The van der Waals surface area contributed by atoms with Crippen molar-refractivity contribution in [2.24, 2.45) is 0 Å². The molecular weight excluding hydrogens is 305 g/mol. The van der Waals surface area contributed by atoms with Gasteiger partial charge in [0.05, 0.1) is 35.6 Å². The van der Waals surface area contributed by atoms with E-state index in [4.69, 9.17) is 9.47 Å². The number of carbonyl (C=O) groups excluding carboxylic acids is 1. The molecule has 0 N–H and O–H groups in total. The molecule has 0 saturated heterocycles. The molecule has 0 amide bonds. The molecule has 112 valence electrons. The number of carbonyl (C=O) groups is 1. The van der Waals surface area contributed by atoms with E-state index in [1.54, 1.807) is 36.4 Å². The van der Waals surface area contributed by atoms with Crippen molar-refractivity contribution in [3.8, 4) is 16.3 Å². The molecule has 0 atom stereocenters. The lowest BCUT2D eigenvalue weighted by Crippen LogP contribution is -1.99. The average molecular weight is 317 g/mol. The summed E-state index contributed by atoms with van der Waals surface area (Å²) in [6.07, 6.45) is 0. The van der Waals surface area contributed by atoms with Gasteiger partial charge >= 0.3 is 5.97 Å². The monoisotopic (exact) mass is 317 g/mol. The van der Waals surface area contributed by atoms with E-state index < -0.39 is 11.8 Å². The van der Waals surface area contributed by atoms with E-state index in [0.29, 0.717) is 21.7 Å². The number of nitrogens with zero attached hydrogens (tertiary/aromatic N) is 1. The third kappa shape index (κ3) is 2.42. The normalized spacial score (nSPS) is 10.7. The number of esters is 1. The topological polar surface area (TPSA) is 48.4 Å². The van der Waals surface area contributed by atoms with Crippen LogP contribution in [0.3, 0.4) is 0 Å². The number of fused-ring (bicyclic) bond motifs is 1. The minimum Gasteiger partial charge on any atom is -0.494 e. The first-order chi connectivity index (χ1) is 10.6. The summed E-state index contributed by atoms with van der Waals surface area (Å²) in [6, 6.07) is 9.97. The summed E-state index contributed by atoms with van der Waals surface area (Å²) in [4.78, 5) is 16.0. The third-order valence-corrected chi connectivity index (χ3v) is 4.27. The largest absolute Gasteiger partial charge is 0.494 e. The van der Waals surface area contributed by atoms with Crippen molar-refractivity contribution in [1.29, 1.82) is 0 Å². The van der Waals surface area contributed by atoms with E-state index in [0.717, 1.165) is 4.70 Å². The standard InChI is InChI=1S/C16H12FNO3S/c1-20-12-5-3-4-10(14(12)17)15-18-11-7-6-9(16(19)21-2)8-13(11)22-15/h3-8H,1-2H3. The van der Waals surface area contributed by atoms with Gasteiger partial charge in [0.15, 0.2) is 11.6 Å². The Morgan fingerprint density at radius 2 is 2.05 bits per heavy atom. The molecule has 1 heterocycles. The third-order valence-electron chi connectivity index (χ3n) is 3.22. The zero-order chi connectivity index (χ0) is 15.7. The Morgan fingerprint density at radius 1 is 1.23 bits per heavy atom. The van der Waals surface area contributed by atoms with E-state index in [2.05, 4.69) is 4.98 Å². The molecule has 1 aromatic heterocycles. The number of aromatic nitrogens is 1. The first-order valence-electron chi connectivity index (χ1n) is 6.46. The quantitative estimate of drug-likeness (QED) is 0.688. The highest BCUT2D eigenvalue weighted by atomic mass is 32.1. The van der Waals surface area contributed by atoms with Crippen LogP contribution in [0.25, 0.3) is 20.8 Å². The molecule has 3 aromatic rings. The van der Waals surface area contributed by atoms with E-state index in [1.807, 2.05) is 0 Å². The molecule has 0 spiro atoms. The Kier molecular flexibility index (Phi) is 3.77. The van der Waals surface area contributed by atoms with Crippen LogP contribution in [0.5, 0.6) is 5.75 Å². The molecule has 4 nitrogen and oxygen atoms in total. The highest BCUT2D eigenvalue weighted by Gasteiger charge is 2.15. The minimum atomic E-state index is -0.447. The molecule has 0 bridgehead atoms. The van der Waals surface area contributed by atoms with Crippen LogP contribution in [0, 0.1) is 5.82 Å². The maximum Gasteiger partial charge on any atom is 0.337 e. The van der Waals surface area contributed by atoms with Crippen molar-refractivity contribution < 1.29 is 18.7 Å². The van der Waals surface area contributed by atoms with E-state index in [-0.39, 0.29) is 5.75 Å². The molecular formula is C16H12FNO3S. The SMILES string of the molecule is COC(=O)c1ccc2nc(-c3cccc(OC)c3F)sc2c1. The number of rotatable bonds is 3. The van der Waals surface area contributed by atoms with Gasteiger partial charge in [-0.3, -0.25) is 0 Å². The lowest BCUT2D eigenvalue weighted by atomic mass is 10.2. The van der Waals surface area contributed by atoms with Crippen LogP contribution in [-0.4, -0.2) is 25.2 Å². The summed E-state index contributed by atoms with van der Waals surface area (Å²) in [6.45, 7) is 0. The van der Waals surface area contributed by atoms with Crippen molar-refractivity contribution in [2.45, 2.75) is 0 Å². The second-order valence-corrected chi connectivity index (χ2v) is 5.55. The number of methoxy groups -OCH3 is 2. The zero-order valence-electron chi connectivity index (χ0n) is 11.9. The molecule has 0 saturated carbocycles. The fourth-order valence-electron chi connectivity index (χ4n) is 2.12. The molecule has 0 aliphatic carbocycles. The van der Waals surface area contributed by atoms with Gasteiger partial charge in [0, 0.05) is 0 Å². The van der Waals surface area contributed by atoms with Gasteiger partial charge in [0.1, 0.15) is 5.01 Å². The van der Waals surface area contributed by atoms with Crippen LogP contribution in [0.4, 0.5) is 4.39 Å². The number of thiazole rings is 1. The number of halogens is 1. The summed E-state index contributed by atoms with van der Waals surface area (Å²) in [7, 11) is 2.75. The molecule has 0 aliphatic heterocycles. The van der Waals surface area contributed by atoms with E-state index >= 15 is 0 Å². The maximum atomic E-state index is 14.3. The van der Waals surface area contributed by atoms with E-state index in [1.165, 1.54) is 25.6 Å². The highest BCUT2D eigenvalue weighted by Crippen LogP contribution is 2.34. The molecule has 22 heavy (non-hydrogen) atoms. The summed E-state index contributed by atoms with van der Waals surface area (Å²) in [5.74, 6) is -0.686. The zero-order valence-corrected chi connectivity index (χ0v) is 12.7. The van der Waals surface area contributed by atoms with Crippen LogP contribution >= 0.6 is 11.3 Å². The number of ether oxygens (including phenoxy) is 2. The number of hydrogen-bond donors (Lipinski definition) is 0. The second kappa shape index (κ2) is 5.73. The highest BCUT2D eigenvalue weighted by molar-refractivity contribution is 7.21. The average Bonchev–Trinajstić information content (AvgIpc) is 2.97. The van der Waals surface area contributed by atoms with Gasteiger partial charge in [-0.25, -0.2) is 14.2 Å².